The van der Waals surface area contributed by atoms with Crippen molar-refractivity contribution in [3.05, 3.63) is 12.2 Å². The van der Waals surface area contributed by atoms with Gasteiger partial charge >= 0.3 is 0 Å². The van der Waals surface area contributed by atoms with Gasteiger partial charge in [-0.15, -0.1) is 0 Å². The first-order valence-electron chi connectivity index (χ1n) is 6.05. The highest BCUT2D eigenvalue weighted by Crippen LogP contribution is 1.91. The predicted molar refractivity (Wildman–Crippen MR) is 69.5 cm³/mol. The summed E-state index contributed by atoms with van der Waals surface area (Å²) in [5.41, 5.74) is 0.544. The fourth-order valence-electron chi connectivity index (χ4n) is 0.808. The maximum Gasteiger partial charge on any atom is 0.246 e. The molecule has 0 aliphatic rings. The molecule has 16 heavy (non-hydrogen) atoms. The second kappa shape index (κ2) is 14.2. The SMILES string of the molecule is C=C(C)C(=O)NC.CCCCOCCCC. The lowest BCUT2D eigenvalue weighted by Crippen LogP contribution is -2.17. The van der Waals surface area contributed by atoms with Crippen molar-refractivity contribution < 1.29 is 9.53 Å². The Bertz CT molecular complexity index is 173. The van der Waals surface area contributed by atoms with Crippen LogP contribution in [0.25, 0.3) is 0 Å². The highest BCUT2D eigenvalue weighted by molar-refractivity contribution is 5.91. The van der Waals surface area contributed by atoms with Gasteiger partial charge in [0.2, 0.25) is 5.91 Å². The van der Waals surface area contributed by atoms with Gasteiger partial charge in [0.15, 0.2) is 0 Å². The molecule has 3 nitrogen and oxygen atoms in total. The largest absolute Gasteiger partial charge is 0.381 e. The zero-order chi connectivity index (χ0) is 12.8. The number of unbranched alkanes of at least 4 members (excludes halogenated alkanes) is 2. The second-order valence-electron chi connectivity index (χ2n) is 3.68. The van der Waals surface area contributed by atoms with Gasteiger partial charge in [-0.05, 0) is 19.8 Å². The Kier molecular flexibility index (Phi) is 15.6. The number of rotatable bonds is 7. The summed E-state index contributed by atoms with van der Waals surface area (Å²) in [6.07, 6.45) is 4.91. The molecular weight excluding hydrogens is 202 g/mol. The summed E-state index contributed by atoms with van der Waals surface area (Å²) < 4.78 is 5.31. The van der Waals surface area contributed by atoms with E-state index in [0.29, 0.717) is 5.57 Å². The lowest BCUT2D eigenvalue weighted by molar-refractivity contribution is -0.116. The van der Waals surface area contributed by atoms with Gasteiger partial charge in [-0.1, -0.05) is 33.3 Å². The third kappa shape index (κ3) is 15.6. The minimum atomic E-state index is -0.0972. The Balaban J connectivity index is 0. The Morgan fingerprint density at radius 1 is 1.19 bits per heavy atom. The predicted octanol–water partition coefficient (Wildman–Crippen LogP) is 2.91. The zero-order valence-corrected chi connectivity index (χ0v) is 11.3. The smallest absolute Gasteiger partial charge is 0.246 e. The van der Waals surface area contributed by atoms with Crippen LogP contribution in [0.1, 0.15) is 46.5 Å². The van der Waals surface area contributed by atoms with E-state index in [1.165, 1.54) is 25.7 Å². The average Bonchev–Trinajstić information content (AvgIpc) is 2.28. The van der Waals surface area contributed by atoms with Crippen molar-refractivity contribution in [3.8, 4) is 0 Å². The third-order valence-corrected chi connectivity index (χ3v) is 1.90. The summed E-state index contributed by atoms with van der Waals surface area (Å²) in [5.74, 6) is -0.0972. The number of ether oxygens (including phenoxy) is 1. The van der Waals surface area contributed by atoms with E-state index in [2.05, 4.69) is 25.7 Å². The van der Waals surface area contributed by atoms with Gasteiger partial charge in [0.1, 0.15) is 0 Å². The van der Waals surface area contributed by atoms with Crippen LogP contribution in [-0.4, -0.2) is 26.2 Å². The topological polar surface area (TPSA) is 38.3 Å². The number of nitrogens with one attached hydrogen (secondary N) is 1. The van der Waals surface area contributed by atoms with E-state index in [9.17, 15) is 4.79 Å². The van der Waals surface area contributed by atoms with Crippen LogP contribution in [0.15, 0.2) is 12.2 Å². The molecule has 0 unspecified atom stereocenters. The summed E-state index contributed by atoms with van der Waals surface area (Å²) in [7, 11) is 1.58. The number of likely N-dealkylation sites (N-methyl/N-ethyl adjacent to an activating group) is 1. The molecule has 1 amide bonds. The van der Waals surface area contributed by atoms with Crippen molar-refractivity contribution in [2.24, 2.45) is 0 Å². The van der Waals surface area contributed by atoms with Crippen molar-refractivity contribution in [1.82, 2.24) is 5.32 Å². The molecule has 0 aromatic rings. The molecule has 0 atom stereocenters. The van der Waals surface area contributed by atoms with Crippen molar-refractivity contribution in [3.63, 3.8) is 0 Å². The molecule has 0 aromatic heterocycles. The van der Waals surface area contributed by atoms with Gasteiger partial charge in [0.05, 0.1) is 0 Å². The normalized spacial score (nSPS) is 9.00. The van der Waals surface area contributed by atoms with E-state index >= 15 is 0 Å². The van der Waals surface area contributed by atoms with Gasteiger partial charge in [-0.25, -0.2) is 0 Å². The monoisotopic (exact) mass is 229 g/mol. The summed E-state index contributed by atoms with van der Waals surface area (Å²) >= 11 is 0. The molecule has 0 heterocycles. The first-order valence-corrected chi connectivity index (χ1v) is 6.05. The molecule has 0 bridgehead atoms. The summed E-state index contributed by atoms with van der Waals surface area (Å²) in [6.45, 7) is 11.4. The molecule has 0 aliphatic carbocycles. The number of hydrogen-bond donors (Lipinski definition) is 1. The van der Waals surface area contributed by atoms with Gasteiger partial charge in [-0.3, -0.25) is 4.79 Å². The van der Waals surface area contributed by atoms with Crippen LogP contribution in [0.2, 0.25) is 0 Å². The van der Waals surface area contributed by atoms with Gasteiger partial charge in [0, 0.05) is 25.8 Å². The molecular formula is C13H27NO2. The summed E-state index contributed by atoms with van der Waals surface area (Å²) in [5, 5.41) is 2.43. The highest BCUT2D eigenvalue weighted by atomic mass is 16.5. The van der Waals surface area contributed by atoms with E-state index in [0.717, 1.165) is 13.2 Å². The molecule has 0 rings (SSSR count). The molecule has 0 radical (unpaired) electrons. The molecule has 0 saturated heterocycles. The second-order valence-corrected chi connectivity index (χ2v) is 3.68. The molecule has 0 saturated carbocycles. The zero-order valence-electron chi connectivity index (χ0n) is 11.3. The molecule has 0 aliphatic heterocycles. The number of carbonyl (C=O) groups is 1. The minimum Gasteiger partial charge on any atom is -0.381 e. The van der Waals surface area contributed by atoms with Gasteiger partial charge in [-0.2, -0.15) is 0 Å². The van der Waals surface area contributed by atoms with Crippen molar-refractivity contribution in [2.45, 2.75) is 46.5 Å². The minimum absolute atomic E-state index is 0.0972. The maximum absolute atomic E-state index is 10.3. The van der Waals surface area contributed by atoms with Crippen LogP contribution < -0.4 is 5.32 Å². The Labute approximate surface area is 100 Å². The molecule has 0 aromatic carbocycles. The Morgan fingerprint density at radius 2 is 1.62 bits per heavy atom. The molecule has 1 N–H and O–H groups in total. The summed E-state index contributed by atoms with van der Waals surface area (Å²) in [6, 6.07) is 0. The van der Waals surface area contributed by atoms with Crippen LogP contribution in [0.5, 0.6) is 0 Å². The van der Waals surface area contributed by atoms with Crippen molar-refractivity contribution in [2.75, 3.05) is 20.3 Å². The van der Waals surface area contributed by atoms with E-state index in [-0.39, 0.29) is 5.91 Å². The lowest BCUT2D eigenvalue weighted by Gasteiger charge is -1.99. The van der Waals surface area contributed by atoms with Gasteiger partial charge < -0.3 is 10.1 Å². The fourth-order valence-corrected chi connectivity index (χ4v) is 0.808. The Hall–Kier alpha value is -0.830. The van der Waals surface area contributed by atoms with E-state index in [4.69, 9.17) is 4.74 Å². The van der Waals surface area contributed by atoms with E-state index in [1.54, 1.807) is 14.0 Å². The standard InChI is InChI=1S/C8H18O.C5H9NO/c1-3-5-7-9-8-6-4-2;1-4(2)5(7)6-3/h3-8H2,1-2H3;1H2,2-3H3,(H,6,7). The average molecular weight is 229 g/mol. The van der Waals surface area contributed by atoms with Crippen LogP contribution in [-0.2, 0) is 9.53 Å². The maximum atomic E-state index is 10.3. The first-order chi connectivity index (χ1) is 7.59. The first kappa shape index (κ1) is 17.6. The van der Waals surface area contributed by atoms with Crippen molar-refractivity contribution >= 4 is 5.91 Å². The third-order valence-electron chi connectivity index (χ3n) is 1.90. The van der Waals surface area contributed by atoms with Crippen LogP contribution in [0, 0.1) is 0 Å². The Morgan fingerprint density at radius 3 is 1.81 bits per heavy atom. The number of amides is 1. The summed E-state index contributed by atoms with van der Waals surface area (Å²) in [4.78, 5) is 10.3. The quantitative estimate of drug-likeness (QED) is 0.538. The highest BCUT2D eigenvalue weighted by Gasteiger charge is 1.92. The van der Waals surface area contributed by atoms with E-state index in [1.807, 2.05) is 0 Å². The van der Waals surface area contributed by atoms with Crippen molar-refractivity contribution in [1.29, 1.82) is 0 Å². The molecule has 0 fully saturated rings. The number of hydrogen-bond acceptors (Lipinski definition) is 2. The number of carbonyl (C=O) groups excluding carboxylic acids is 1. The van der Waals surface area contributed by atoms with E-state index < -0.39 is 0 Å². The fraction of sp³-hybridized carbons (Fsp3) is 0.769. The molecule has 0 spiro atoms. The van der Waals surface area contributed by atoms with Crippen LogP contribution >= 0.6 is 0 Å². The lowest BCUT2D eigenvalue weighted by atomic mass is 10.3. The molecule has 3 heteroatoms. The van der Waals surface area contributed by atoms with Crippen LogP contribution in [0.4, 0.5) is 0 Å². The molecule has 96 valence electrons. The van der Waals surface area contributed by atoms with Gasteiger partial charge in [0.25, 0.3) is 0 Å². The van der Waals surface area contributed by atoms with Crippen LogP contribution in [0.3, 0.4) is 0 Å².